The van der Waals surface area contributed by atoms with Gasteiger partial charge in [0, 0.05) is 25.0 Å². The van der Waals surface area contributed by atoms with Crippen molar-refractivity contribution in [3.8, 4) is 0 Å². The quantitative estimate of drug-likeness (QED) is 0.779. The lowest BCUT2D eigenvalue weighted by atomic mass is 10.2. The average Bonchev–Trinajstić information content (AvgIpc) is 2.62. The van der Waals surface area contributed by atoms with Crippen molar-refractivity contribution in [2.45, 2.75) is 12.8 Å². The summed E-state index contributed by atoms with van der Waals surface area (Å²) in [6.45, 7) is 1.73. The molecule has 5 heteroatoms. The summed E-state index contributed by atoms with van der Waals surface area (Å²) in [4.78, 5) is 6.56. The number of rotatable bonds is 2. The van der Waals surface area contributed by atoms with Gasteiger partial charge in [0.25, 0.3) is 0 Å². The van der Waals surface area contributed by atoms with Gasteiger partial charge in [-0.3, -0.25) is 5.10 Å². The molecule has 0 saturated heterocycles. The van der Waals surface area contributed by atoms with Crippen LogP contribution in [0.15, 0.2) is 12.3 Å². The molecule has 0 atom stereocenters. The molecule has 0 fully saturated rings. The van der Waals surface area contributed by atoms with Gasteiger partial charge in [0.1, 0.15) is 5.82 Å². The SMILES string of the molecule is OCCN1CCCc2[nH]nc3ccnc1c23. The Labute approximate surface area is 93.1 Å². The van der Waals surface area contributed by atoms with Crippen LogP contribution in [0.5, 0.6) is 0 Å². The molecule has 0 bridgehead atoms. The normalized spacial score (nSPS) is 15.4. The third-order valence-electron chi connectivity index (χ3n) is 3.05. The Morgan fingerprint density at radius 2 is 2.44 bits per heavy atom. The maximum atomic E-state index is 9.07. The van der Waals surface area contributed by atoms with Crippen molar-refractivity contribution in [3.05, 3.63) is 18.0 Å². The van der Waals surface area contributed by atoms with Crippen molar-refractivity contribution in [3.63, 3.8) is 0 Å². The Hall–Kier alpha value is -1.62. The number of pyridine rings is 1. The van der Waals surface area contributed by atoms with Crippen LogP contribution in [-0.4, -0.2) is 40.0 Å². The lowest BCUT2D eigenvalue weighted by Crippen LogP contribution is -2.28. The van der Waals surface area contributed by atoms with E-state index in [0.29, 0.717) is 6.54 Å². The zero-order valence-corrected chi connectivity index (χ0v) is 8.98. The molecule has 84 valence electrons. The van der Waals surface area contributed by atoms with Gasteiger partial charge in [-0.2, -0.15) is 5.10 Å². The van der Waals surface area contributed by atoms with E-state index in [1.807, 2.05) is 6.07 Å². The number of aryl methyl sites for hydroxylation is 1. The Morgan fingerprint density at radius 3 is 3.31 bits per heavy atom. The molecular weight excluding hydrogens is 204 g/mol. The van der Waals surface area contributed by atoms with Crippen LogP contribution in [-0.2, 0) is 6.42 Å². The van der Waals surface area contributed by atoms with Crippen molar-refractivity contribution >= 4 is 16.7 Å². The fraction of sp³-hybridized carbons (Fsp3) is 0.455. The van der Waals surface area contributed by atoms with Crippen LogP contribution in [0.2, 0.25) is 0 Å². The lowest BCUT2D eigenvalue weighted by molar-refractivity contribution is 0.301. The molecule has 0 unspecified atom stereocenters. The van der Waals surface area contributed by atoms with Gasteiger partial charge in [0.15, 0.2) is 0 Å². The van der Waals surface area contributed by atoms with Gasteiger partial charge < -0.3 is 10.0 Å². The molecule has 2 aromatic rings. The average molecular weight is 218 g/mol. The Bertz CT molecular complexity index is 508. The summed E-state index contributed by atoms with van der Waals surface area (Å²) in [6, 6.07) is 1.92. The van der Waals surface area contributed by atoms with Gasteiger partial charge in [-0.05, 0) is 18.9 Å². The third-order valence-corrected chi connectivity index (χ3v) is 3.05. The summed E-state index contributed by atoms with van der Waals surface area (Å²) < 4.78 is 0. The zero-order chi connectivity index (χ0) is 11.0. The molecule has 5 nitrogen and oxygen atoms in total. The van der Waals surface area contributed by atoms with Crippen LogP contribution in [0.3, 0.4) is 0 Å². The van der Waals surface area contributed by atoms with Crippen molar-refractivity contribution in [1.82, 2.24) is 15.2 Å². The molecule has 16 heavy (non-hydrogen) atoms. The molecule has 1 aliphatic heterocycles. The molecule has 1 aliphatic rings. The number of aliphatic hydroxyl groups is 1. The maximum Gasteiger partial charge on any atom is 0.139 e. The number of aromatic amines is 1. The number of aliphatic hydroxyl groups excluding tert-OH is 1. The molecule has 0 amide bonds. The van der Waals surface area contributed by atoms with Crippen LogP contribution in [0.4, 0.5) is 5.82 Å². The summed E-state index contributed by atoms with van der Waals surface area (Å²) in [5.74, 6) is 0.952. The van der Waals surface area contributed by atoms with Crippen LogP contribution in [0, 0.1) is 0 Å². The summed E-state index contributed by atoms with van der Waals surface area (Å²) in [7, 11) is 0. The second-order valence-electron chi connectivity index (χ2n) is 4.05. The monoisotopic (exact) mass is 218 g/mol. The predicted octanol–water partition coefficient (Wildman–Crippen LogP) is 0.703. The standard InChI is InChI=1S/C11H14N4O/c16-7-6-15-5-1-2-8-10-9(14-13-8)3-4-12-11(10)15/h3-4,16H,1-2,5-7H2,(H,13,14). The first-order valence-electron chi connectivity index (χ1n) is 5.58. The second kappa shape index (κ2) is 3.75. The maximum absolute atomic E-state index is 9.07. The Balaban J connectivity index is 2.19. The third kappa shape index (κ3) is 1.36. The van der Waals surface area contributed by atoms with E-state index in [0.717, 1.165) is 36.1 Å². The minimum Gasteiger partial charge on any atom is -0.395 e. The summed E-state index contributed by atoms with van der Waals surface area (Å²) >= 11 is 0. The second-order valence-corrected chi connectivity index (χ2v) is 4.05. The molecule has 2 aromatic heterocycles. The van der Waals surface area contributed by atoms with E-state index < -0.39 is 0 Å². The Kier molecular flexibility index (Phi) is 2.25. The molecule has 0 saturated carbocycles. The number of nitrogens with one attached hydrogen (secondary N) is 1. The van der Waals surface area contributed by atoms with E-state index in [9.17, 15) is 0 Å². The van der Waals surface area contributed by atoms with E-state index >= 15 is 0 Å². The van der Waals surface area contributed by atoms with Crippen molar-refractivity contribution in [2.75, 3.05) is 24.6 Å². The van der Waals surface area contributed by atoms with Crippen molar-refractivity contribution in [2.24, 2.45) is 0 Å². The van der Waals surface area contributed by atoms with Crippen LogP contribution in [0.25, 0.3) is 10.9 Å². The van der Waals surface area contributed by atoms with Crippen LogP contribution < -0.4 is 4.90 Å². The molecule has 0 aromatic carbocycles. The molecular formula is C11H14N4O. The number of β-amino-alcohol motifs (C(OH)–C–C–N with tert-alkyl or cyclic N) is 1. The number of aromatic nitrogens is 3. The van der Waals surface area contributed by atoms with Crippen molar-refractivity contribution < 1.29 is 5.11 Å². The van der Waals surface area contributed by atoms with Gasteiger partial charge in [0.05, 0.1) is 17.5 Å². The topological polar surface area (TPSA) is 65.0 Å². The van der Waals surface area contributed by atoms with E-state index in [2.05, 4.69) is 20.1 Å². The minimum absolute atomic E-state index is 0.158. The number of hydrogen-bond donors (Lipinski definition) is 2. The number of nitrogens with zero attached hydrogens (tertiary/aromatic N) is 3. The summed E-state index contributed by atoms with van der Waals surface area (Å²) in [6.07, 6.45) is 3.84. The molecule has 0 radical (unpaired) electrons. The van der Waals surface area contributed by atoms with Gasteiger partial charge in [-0.15, -0.1) is 0 Å². The van der Waals surface area contributed by atoms with Crippen LogP contribution in [0.1, 0.15) is 12.1 Å². The summed E-state index contributed by atoms with van der Waals surface area (Å²) in [5.41, 5.74) is 2.13. The summed E-state index contributed by atoms with van der Waals surface area (Å²) in [5, 5.41) is 17.5. The molecule has 3 rings (SSSR count). The van der Waals surface area contributed by atoms with E-state index in [1.165, 1.54) is 5.69 Å². The fourth-order valence-electron chi connectivity index (χ4n) is 2.32. The van der Waals surface area contributed by atoms with Crippen molar-refractivity contribution in [1.29, 1.82) is 0 Å². The lowest BCUT2D eigenvalue weighted by Gasteiger charge is -2.21. The number of H-pyrrole nitrogens is 1. The predicted molar refractivity (Wildman–Crippen MR) is 61.5 cm³/mol. The smallest absolute Gasteiger partial charge is 0.139 e. The largest absolute Gasteiger partial charge is 0.395 e. The van der Waals surface area contributed by atoms with E-state index in [-0.39, 0.29) is 6.61 Å². The van der Waals surface area contributed by atoms with Gasteiger partial charge in [-0.1, -0.05) is 0 Å². The molecule has 0 aliphatic carbocycles. The highest BCUT2D eigenvalue weighted by Crippen LogP contribution is 2.29. The van der Waals surface area contributed by atoms with Crippen LogP contribution >= 0.6 is 0 Å². The number of hydrogen-bond acceptors (Lipinski definition) is 4. The van der Waals surface area contributed by atoms with E-state index in [1.54, 1.807) is 6.20 Å². The number of anilines is 1. The van der Waals surface area contributed by atoms with Gasteiger partial charge in [-0.25, -0.2) is 4.98 Å². The molecule has 3 heterocycles. The first-order valence-corrected chi connectivity index (χ1v) is 5.58. The highest BCUT2D eigenvalue weighted by molar-refractivity contribution is 5.92. The zero-order valence-electron chi connectivity index (χ0n) is 8.98. The Morgan fingerprint density at radius 1 is 1.50 bits per heavy atom. The fourth-order valence-corrected chi connectivity index (χ4v) is 2.32. The van der Waals surface area contributed by atoms with Gasteiger partial charge >= 0.3 is 0 Å². The highest BCUT2D eigenvalue weighted by Gasteiger charge is 2.19. The van der Waals surface area contributed by atoms with E-state index in [4.69, 9.17) is 5.11 Å². The first kappa shape index (κ1) is 9.59. The minimum atomic E-state index is 0.158. The molecule has 2 N–H and O–H groups in total. The first-order chi connectivity index (χ1) is 7.90. The highest BCUT2D eigenvalue weighted by atomic mass is 16.3. The van der Waals surface area contributed by atoms with Gasteiger partial charge in [0.2, 0.25) is 0 Å². The molecule has 0 spiro atoms.